The van der Waals surface area contributed by atoms with Crippen LogP contribution in [0.25, 0.3) is 21.5 Å². The summed E-state index contributed by atoms with van der Waals surface area (Å²) in [6.45, 7) is 0. The summed E-state index contributed by atoms with van der Waals surface area (Å²) >= 11 is 0. The van der Waals surface area contributed by atoms with Gasteiger partial charge >= 0.3 is 0 Å². The Morgan fingerprint density at radius 1 is 0.718 bits per heavy atom. The van der Waals surface area contributed by atoms with Crippen LogP contribution in [0.15, 0.2) is 119 Å². The van der Waals surface area contributed by atoms with E-state index in [1.165, 1.54) is 12.1 Å². The molecule has 0 unspecified atom stereocenters. The molecule has 0 bridgehead atoms. The maximum Gasteiger partial charge on any atom is 0.269 e. The second-order valence-corrected chi connectivity index (χ2v) is 8.91. The van der Waals surface area contributed by atoms with E-state index in [1.807, 2.05) is 84.9 Å². The van der Waals surface area contributed by atoms with E-state index in [9.17, 15) is 10.1 Å². The Morgan fingerprint density at radius 3 is 1.85 bits per heavy atom. The van der Waals surface area contributed by atoms with Crippen molar-refractivity contribution in [2.45, 2.75) is 6.10 Å². The molecule has 1 atom stereocenters. The van der Waals surface area contributed by atoms with E-state index in [0.29, 0.717) is 11.3 Å². The number of nitrogens with one attached hydrogen (secondary N) is 3. The van der Waals surface area contributed by atoms with Crippen molar-refractivity contribution in [2.24, 2.45) is 10.2 Å². The third-order valence-electron chi connectivity index (χ3n) is 6.51. The Labute approximate surface area is 223 Å². The predicted molar refractivity (Wildman–Crippen MR) is 155 cm³/mol. The molecule has 190 valence electrons. The second-order valence-electron chi connectivity index (χ2n) is 8.91. The summed E-state index contributed by atoms with van der Waals surface area (Å²) in [5.74, 6) is -0.162. The summed E-state index contributed by atoms with van der Waals surface area (Å²) in [6.07, 6.45) is -0.783. The number of benzene rings is 5. The van der Waals surface area contributed by atoms with Gasteiger partial charge in [-0.15, -0.1) is 0 Å². The molecule has 0 aliphatic carbocycles. The zero-order valence-corrected chi connectivity index (χ0v) is 20.5. The number of non-ortho nitro benzene ring substituents is 1. The van der Waals surface area contributed by atoms with E-state index >= 15 is 0 Å². The van der Waals surface area contributed by atoms with Crippen LogP contribution >= 0.6 is 0 Å². The quantitative estimate of drug-likeness (QED) is 0.168. The smallest absolute Gasteiger partial charge is 0.269 e. The lowest BCUT2D eigenvalue weighted by molar-refractivity contribution is -0.384. The molecule has 1 saturated heterocycles. The third kappa shape index (κ3) is 4.64. The molecule has 0 radical (unpaired) electrons. The van der Waals surface area contributed by atoms with Gasteiger partial charge in [0.2, 0.25) is 5.90 Å². The van der Waals surface area contributed by atoms with Crippen molar-refractivity contribution in [1.82, 2.24) is 0 Å². The van der Waals surface area contributed by atoms with Gasteiger partial charge in [-0.25, -0.2) is 0 Å². The first kappa shape index (κ1) is 23.8. The molecule has 39 heavy (non-hydrogen) atoms. The standard InChI is InChI=1S/C30H22N6O3/c31-30-28(35-33-26-14-6-10-20-8-2-4-12-24(20)26)27(29(39-30)21-15-17-22(18-16-21)36(37)38)34-32-25-13-5-9-19-7-1-3-11-23(19)25/h1-18,29,31-33H/b31-30?,34-27-,35-28+/t29-/m1/s1. The third-order valence-corrected chi connectivity index (χ3v) is 6.51. The molecule has 0 spiro atoms. The largest absolute Gasteiger partial charge is 0.461 e. The van der Waals surface area contributed by atoms with Crippen molar-refractivity contribution in [3.8, 4) is 0 Å². The lowest BCUT2D eigenvalue weighted by atomic mass is 10.0. The normalized spacial score (nSPS) is 17.0. The van der Waals surface area contributed by atoms with Gasteiger partial charge in [0.15, 0.2) is 11.8 Å². The van der Waals surface area contributed by atoms with Crippen LogP contribution in [0, 0.1) is 15.5 Å². The van der Waals surface area contributed by atoms with Crippen LogP contribution in [0.3, 0.4) is 0 Å². The number of nitro groups is 1. The average molecular weight is 515 g/mol. The molecule has 0 aromatic heterocycles. The Kier molecular flexibility index (Phi) is 6.14. The molecule has 1 aliphatic rings. The first-order chi connectivity index (χ1) is 19.1. The van der Waals surface area contributed by atoms with E-state index in [0.717, 1.165) is 32.9 Å². The highest BCUT2D eigenvalue weighted by Crippen LogP contribution is 2.30. The molecule has 0 amide bonds. The maximum atomic E-state index is 11.2. The Hall–Kier alpha value is -5.57. The molecule has 3 N–H and O–H groups in total. The molecule has 1 aliphatic heterocycles. The number of hydrogen-bond donors (Lipinski definition) is 3. The number of anilines is 2. The van der Waals surface area contributed by atoms with E-state index in [-0.39, 0.29) is 17.3 Å². The SMILES string of the molecule is N=C1O[C@H](c2ccc([N+](=O)[O-])cc2)C(=N\Nc2cccc3ccccc23)/C1=N\Nc1cccc2ccccc12. The fourth-order valence-electron chi connectivity index (χ4n) is 4.57. The monoisotopic (exact) mass is 514 g/mol. The summed E-state index contributed by atoms with van der Waals surface area (Å²) in [4.78, 5) is 10.7. The number of nitrogens with zero attached hydrogens (tertiary/aromatic N) is 3. The van der Waals surface area contributed by atoms with Gasteiger partial charge in [-0.05, 0) is 40.6 Å². The fraction of sp³-hybridized carbons (Fsp3) is 0.0333. The number of ether oxygens (including phenoxy) is 1. The highest BCUT2D eigenvalue weighted by Gasteiger charge is 2.37. The van der Waals surface area contributed by atoms with Crippen LogP contribution in [-0.2, 0) is 4.74 Å². The molecular weight excluding hydrogens is 492 g/mol. The van der Waals surface area contributed by atoms with Crippen LogP contribution in [0.2, 0.25) is 0 Å². The van der Waals surface area contributed by atoms with Crippen LogP contribution in [0.1, 0.15) is 11.7 Å². The predicted octanol–water partition coefficient (Wildman–Crippen LogP) is 6.89. The molecule has 9 nitrogen and oxygen atoms in total. The summed E-state index contributed by atoms with van der Waals surface area (Å²) in [5.41, 5.74) is 8.93. The minimum atomic E-state index is -0.783. The van der Waals surface area contributed by atoms with E-state index in [1.54, 1.807) is 12.1 Å². The van der Waals surface area contributed by atoms with Crippen LogP contribution < -0.4 is 10.9 Å². The van der Waals surface area contributed by atoms with E-state index < -0.39 is 11.0 Å². The molecule has 6 rings (SSSR count). The minimum Gasteiger partial charge on any atom is -0.461 e. The van der Waals surface area contributed by atoms with Crippen molar-refractivity contribution < 1.29 is 9.66 Å². The summed E-state index contributed by atoms with van der Waals surface area (Å²) in [6, 6.07) is 33.6. The van der Waals surface area contributed by atoms with Crippen molar-refractivity contribution in [1.29, 1.82) is 5.41 Å². The zero-order chi connectivity index (χ0) is 26.8. The van der Waals surface area contributed by atoms with Gasteiger partial charge in [0.05, 0.1) is 16.3 Å². The lowest BCUT2D eigenvalue weighted by Gasteiger charge is -2.12. The van der Waals surface area contributed by atoms with E-state index in [4.69, 9.17) is 10.1 Å². The number of nitro benzene ring substituents is 1. The topological polar surface area (TPSA) is 125 Å². The van der Waals surface area contributed by atoms with Crippen molar-refractivity contribution in [3.63, 3.8) is 0 Å². The summed E-state index contributed by atoms with van der Waals surface area (Å²) in [7, 11) is 0. The van der Waals surface area contributed by atoms with Gasteiger partial charge in [-0.1, -0.05) is 72.8 Å². The van der Waals surface area contributed by atoms with Crippen LogP contribution in [-0.4, -0.2) is 22.2 Å². The maximum absolute atomic E-state index is 11.2. The minimum absolute atomic E-state index is 0.0364. The summed E-state index contributed by atoms with van der Waals surface area (Å²) in [5, 5.41) is 33.0. The number of hydrogen-bond acceptors (Lipinski definition) is 8. The van der Waals surface area contributed by atoms with Crippen molar-refractivity contribution in [2.75, 3.05) is 10.9 Å². The molecule has 9 heteroatoms. The first-order valence-electron chi connectivity index (χ1n) is 12.2. The summed E-state index contributed by atoms with van der Waals surface area (Å²) < 4.78 is 5.90. The number of hydrazone groups is 2. The van der Waals surface area contributed by atoms with Gasteiger partial charge in [0.1, 0.15) is 5.71 Å². The molecule has 0 saturated carbocycles. The van der Waals surface area contributed by atoms with Crippen LogP contribution in [0.4, 0.5) is 17.1 Å². The first-order valence-corrected chi connectivity index (χ1v) is 12.2. The van der Waals surface area contributed by atoms with Crippen molar-refractivity contribution >= 4 is 55.9 Å². The average Bonchev–Trinajstić information content (AvgIpc) is 3.29. The molecule has 5 aromatic rings. The lowest BCUT2D eigenvalue weighted by Crippen LogP contribution is -2.19. The Morgan fingerprint density at radius 2 is 1.26 bits per heavy atom. The van der Waals surface area contributed by atoms with Crippen LogP contribution in [0.5, 0.6) is 0 Å². The molecule has 1 fully saturated rings. The molecule has 5 aromatic carbocycles. The van der Waals surface area contributed by atoms with E-state index in [2.05, 4.69) is 21.1 Å². The molecular formula is C30H22N6O3. The zero-order valence-electron chi connectivity index (χ0n) is 20.5. The highest BCUT2D eigenvalue weighted by atomic mass is 16.6. The van der Waals surface area contributed by atoms with Crippen molar-refractivity contribution in [3.05, 3.63) is 125 Å². The molecule has 1 heterocycles. The van der Waals surface area contributed by atoms with Gasteiger partial charge in [0, 0.05) is 22.9 Å². The number of rotatable bonds is 6. The highest BCUT2D eigenvalue weighted by molar-refractivity contribution is 6.69. The van der Waals surface area contributed by atoms with Gasteiger partial charge in [0.25, 0.3) is 5.69 Å². The van der Waals surface area contributed by atoms with Gasteiger partial charge < -0.3 is 4.74 Å². The second kappa shape index (κ2) is 10.1. The fourth-order valence-corrected chi connectivity index (χ4v) is 4.57. The van der Waals surface area contributed by atoms with Gasteiger partial charge in [-0.2, -0.15) is 10.2 Å². The van der Waals surface area contributed by atoms with Gasteiger partial charge in [-0.3, -0.25) is 26.4 Å². The number of fused-ring (bicyclic) bond motifs is 2. The Balaban J connectivity index is 1.40. The Bertz CT molecular complexity index is 1790.